The van der Waals surface area contributed by atoms with Gasteiger partial charge in [-0.3, -0.25) is 4.79 Å². The van der Waals surface area contributed by atoms with Crippen LogP contribution in [0.15, 0.2) is 23.1 Å². The molecular weight excluding hydrogens is 282 g/mol. The first kappa shape index (κ1) is 16.5. The summed E-state index contributed by atoms with van der Waals surface area (Å²) in [4.78, 5) is 11.1. The number of carboxylic acid groups (broad SMARTS) is 1. The van der Waals surface area contributed by atoms with Crippen LogP contribution in [0.5, 0.6) is 5.75 Å². The number of benzene rings is 1. The molecule has 0 heterocycles. The number of nitrogens with one attached hydrogen (secondary N) is 1. The van der Waals surface area contributed by atoms with Crippen molar-refractivity contribution in [3.63, 3.8) is 0 Å². The van der Waals surface area contributed by atoms with Crippen LogP contribution in [0.4, 0.5) is 0 Å². The maximum atomic E-state index is 12.2. The highest BCUT2D eigenvalue weighted by Gasteiger charge is 2.28. The molecule has 1 rings (SSSR count). The normalized spacial score (nSPS) is 13.2. The van der Waals surface area contributed by atoms with Gasteiger partial charge in [0.05, 0.1) is 12.0 Å². The van der Waals surface area contributed by atoms with Crippen LogP contribution in [0.3, 0.4) is 0 Å². The van der Waals surface area contributed by atoms with E-state index in [1.807, 2.05) is 0 Å². The Labute approximate surface area is 118 Å². The van der Waals surface area contributed by atoms with Crippen LogP contribution in [0, 0.1) is 12.8 Å². The third-order valence-corrected chi connectivity index (χ3v) is 4.33. The summed E-state index contributed by atoms with van der Waals surface area (Å²) in [5, 5.41) is 9.04. The van der Waals surface area contributed by atoms with Crippen molar-refractivity contribution in [2.75, 3.05) is 7.11 Å². The predicted octanol–water partition coefficient (Wildman–Crippen LogP) is 1.39. The number of ether oxygens (including phenoxy) is 1. The molecule has 7 heteroatoms. The maximum absolute atomic E-state index is 12.2. The maximum Gasteiger partial charge on any atom is 0.322 e. The number of hydrogen-bond donors (Lipinski definition) is 2. The summed E-state index contributed by atoms with van der Waals surface area (Å²) >= 11 is 0. The minimum Gasteiger partial charge on any atom is -0.496 e. The zero-order chi connectivity index (χ0) is 15.5. The molecule has 0 aromatic heterocycles. The van der Waals surface area contributed by atoms with Crippen LogP contribution in [0.1, 0.15) is 19.4 Å². The number of hydrogen-bond acceptors (Lipinski definition) is 4. The van der Waals surface area contributed by atoms with Crippen LogP contribution >= 0.6 is 0 Å². The topological polar surface area (TPSA) is 92.7 Å². The monoisotopic (exact) mass is 301 g/mol. The first-order valence-electron chi connectivity index (χ1n) is 6.09. The highest BCUT2D eigenvalue weighted by atomic mass is 32.2. The molecule has 0 radical (unpaired) electrons. The SMILES string of the molecule is COc1ccc(S(=O)(=O)N[C@@H](C(=O)O)C(C)C)cc1C. The van der Waals surface area contributed by atoms with Crippen molar-refractivity contribution in [1.82, 2.24) is 4.72 Å². The number of methoxy groups -OCH3 is 1. The molecule has 20 heavy (non-hydrogen) atoms. The van der Waals surface area contributed by atoms with E-state index in [1.54, 1.807) is 20.8 Å². The summed E-state index contributed by atoms with van der Waals surface area (Å²) < 4.78 is 31.6. The number of carbonyl (C=O) groups is 1. The van der Waals surface area contributed by atoms with Gasteiger partial charge in [0.2, 0.25) is 10.0 Å². The average Bonchev–Trinajstić information content (AvgIpc) is 2.35. The summed E-state index contributed by atoms with van der Waals surface area (Å²) in [7, 11) is -2.39. The molecule has 0 amide bonds. The molecule has 0 unspecified atom stereocenters. The lowest BCUT2D eigenvalue weighted by Crippen LogP contribution is -2.44. The van der Waals surface area contributed by atoms with Gasteiger partial charge in [-0.2, -0.15) is 4.72 Å². The third-order valence-electron chi connectivity index (χ3n) is 2.89. The van der Waals surface area contributed by atoms with Gasteiger partial charge in [-0.25, -0.2) is 8.42 Å². The largest absolute Gasteiger partial charge is 0.496 e. The van der Waals surface area contributed by atoms with Crippen molar-refractivity contribution >= 4 is 16.0 Å². The van der Waals surface area contributed by atoms with Gasteiger partial charge in [-0.05, 0) is 36.6 Å². The van der Waals surface area contributed by atoms with Gasteiger partial charge in [0.25, 0.3) is 0 Å². The Hall–Kier alpha value is -1.60. The van der Waals surface area contributed by atoms with E-state index >= 15 is 0 Å². The fraction of sp³-hybridized carbons (Fsp3) is 0.462. The Bertz CT molecular complexity index is 595. The summed E-state index contributed by atoms with van der Waals surface area (Å²) in [6.07, 6.45) is 0. The molecule has 1 atom stereocenters. The van der Waals surface area contributed by atoms with E-state index in [9.17, 15) is 13.2 Å². The van der Waals surface area contributed by atoms with Crippen molar-refractivity contribution in [2.45, 2.75) is 31.7 Å². The van der Waals surface area contributed by atoms with Crippen molar-refractivity contribution in [3.05, 3.63) is 23.8 Å². The first-order chi connectivity index (χ1) is 9.19. The van der Waals surface area contributed by atoms with E-state index in [0.29, 0.717) is 11.3 Å². The summed E-state index contributed by atoms with van der Waals surface area (Å²) in [5.74, 6) is -0.988. The van der Waals surface area contributed by atoms with Gasteiger partial charge in [0.1, 0.15) is 11.8 Å². The Morgan fingerprint density at radius 2 is 1.95 bits per heavy atom. The second-order valence-corrected chi connectivity index (χ2v) is 6.53. The summed E-state index contributed by atoms with van der Waals surface area (Å²) in [5.41, 5.74) is 0.659. The Morgan fingerprint density at radius 1 is 1.35 bits per heavy atom. The first-order valence-corrected chi connectivity index (χ1v) is 7.57. The molecule has 112 valence electrons. The van der Waals surface area contributed by atoms with Crippen LogP contribution in [0.2, 0.25) is 0 Å². The molecule has 6 nitrogen and oxygen atoms in total. The molecule has 0 fully saturated rings. The fourth-order valence-electron chi connectivity index (χ4n) is 1.72. The second kappa shape index (κ2) is 6.23. The van der Waals surface area contributed by atoms with E-state index in [0.717, 1.165) is 0 Å². The van der Waals surface area contributed by atoms with E-state index in [-0.39, 0.29) is 10.8 Å². The quantitative estimate of drug-likeness (QED) is 0.828. The number of aliphatic carboxylic acids is 1. The molecule has 0 saturated carbocycles. The smallest absolute Gasteiger partial charge is 0.322 e. The molecule has 1 aromatic rings. The number of rotatable bonds is 6. The lowest BCUT2D eigenvalue weighted by molar-refractivity contribution is -0.140. The Kier molecular flexibility index (Phi) is 5.13. The van der Waals surface area contributed by atoms with E-state index < -0.39 is 22.0 Å². The van der Waals surface area contributed by atoms with Crippen LogP contribution in [-0.2, 0) is 14.8 Å². The highest BCUT2D eigenvalue weighted by Crippen LogP contribution is 2.21. The van der Waals surface area contributed by atoms with Gasteiger partial charge in [-0.1, -0.05) is 13.8 Å². The Balaban J connectivity index is 3.11. The minimum atomic E-state index is -3.88. The van der Waals surface area contributed by atoms with Crippen molar-refractivity contribution < 1.29 is 23.1 Å². The lowest BCUT2D eigenvalue weighted by atomic mass is 10.1. The van der Waals surface area contributed by atoms with E-state index in [1.165, 1.54) is 25.3 Å². The van der Waals surface area contributed by atoms with Crippen molar-refractivity contribution in [1.29, 1.82) is 0 Å². The van der Waals surface area contributed by atoms with Gasteiger partial charge in [-0.15, -0.1) is 0 Å². The molecule has 0 aliphatic heterocycles. The fourth-order valence-corrected chi connectivity index (χ4v) is 3.15. The molecule has 2 N–H and O–H groups in total. The minimum absolute atomic E-state index is 0.0164. The van der Waals surface area contributed by atoms with E-state index in [2.05, 4.69) is 4.72 Å². The second-order valence-electron chi connectivity index (χ2n) is 4.81. The van der Waals surface area contributed by atoms with Crippen molar-refractivity contribution in [3.8, 4) is 5.75 Å². The van der Waals surface area contributed by atoms with Crippen LogP contribution in [0.25, 0.3) is 0 Å². The number of sulfonamides is 1. The van der Waals surface area contributed by atoms with Crippen molar-refractivity contribution in [2.24, 2.45) is 5.92 Å². The molecule has 1 aromatic carbocycles. The predicted molar refractivity (Wildman–Crippen MR) is 74.3 cm³/mol. The van der Waals surface area contributed by atoms with Crippen LogP contribution < -0.4 is 9.46 Å². The van der Waals surface area contributed by atoms with Crippen LogP contribution in [-0.4, -0.2) is 32.6 Å². The van der Waals surface area contributed by atoms with Gasteiger partial charge in [0, 0.05) is 0 Å². The van der Waals surface area contributed by atoms with Gasteiger partial charge in [0.15, 0.2) is 0 Å². The molecule has 0 bridgehead atoms. The zero-order valence-electron chi connectivity index (χ0n) is 11.9. The molecule has 0 aliphatic rings. The highest BCUT2D eigenvalue weighted by molar-refractivity contribution is 7.89. The van der Waals surface area contributed by atoms with Gasteiger partial charge < -0.3 is 9.84 Å². The third kappa shape index (κ3) is 3.71. The molecule has 0 aliphatic carbocycles. The standard InChI is InChI=1S/C13H19NO5S/c1-8(2)12(13(15)16)14-20(17,18)10-5-6-11(19-4)9(3)7-10/h5-8,12,14H,1-4H3,(H,15,16)/t12-/m1/s1. The molecule has 0 saturated heterocycles. The number of carboxylic acids is 1. The summed E-state index contributed by atoms with van der Waals surface area (Å²) in [6.45, 7) is 5.00. The lowest BCUT2D eigenvalue weighted by Gasteiger charge is -2.18. The summed E-state index contributed by atoms with van der Waals surface area (Å²) in [6, 6.07) is 3.20. The van der Waals surface area contributed by atoms with Gasteiger partial charge >= 0.3 is 5.97 Å². The molecular formula is C13H19NO5S. The van der Waals surface area contributed by atoms with E-state index in [4.69, 9.17) is 9.84 Å². The Morgan fingerprint density at radius 3 is 2.35 bits per heavy atom. The average molecular weight is 301 g/mol. The molecule has 0 spiro atoms. The zero-order valence-corrected chi connectivity index (χ0v) is 12.7. The number of aryl methyl sites for hydroxylation is 1.